The first-order valence-corrected chi connectivity index (χ1v) is 10.6. The van der Waals surface area contributed by atoms with Crippen LogP contribution >= 0.6 is 11.6 Å². The average molecular weight is 425 g/mol. The van der Waals surface area contributed by atoms with Gasteiger partial charge in [-0.1, -0.05) is 35.0 Å². The number of aromatic nitrogens is 2. The van der Waals surface area contributed by atoms with E-state index < -0.39 is 0 Å². The molecule has 1 amide bonds. The van der Waals surface area contributed by atoms with Crippen molar-refractivity contribution >= 4 is 23.2 Å². The molecule has 0 unspecified atom stereocenters. The summed E-state index contributed by atoms with van der Waals surface area (Å²) in [7, 11) is 1.84. The van der Waals surface area contributed by atoms with Gasteiger partial charge in [0.25, 0.3) is 0 Å². The Morgan fingerprint density at radius 1 is 1.13 bits per heavy atom. The Labute approximate surface area is 181 Å². The number of hydrogen-bond donors (Lipinski definition) is 0. The first kappa shape index (κ1) is 20.4. The fraction of sp³-hybridized carbons (Fsp3) is 0.348. The van der Waals surface area contributed by atoms with E-state index in [4.69, 9.17) is 16.1 Å². The third-order valence-electron chi connectivity index (χ3n) is 5.39. The second kappa shape index (κ2) is 9.30. The number of carbonyl (C=O) groups excluding carboxylic acids is 1. The zero-order chi connectivity index (χ0) is 20.9. The Morgan fingerprint density at radius 3 is 2.63 bits per heavy atom. The minimum Gasteiger partial charge on any atom is -0.371 e. The SMILES string of the molecule is CN(Cc1ccccc1N1CCCC1)C(=O)CCc1nc(-c2ccc(Cl)cc2)no1. The molecule has 0 saturated carbocycles. The Bertz CT molecular complexity index is 996. The number of para-hydroxylation sites is 1. The van der Waals surface area contributed by atoms with Crippen LogP contribution in [0.4, 0.5) is 5.69 Å². The van der Waals surface area contributed by atoms with Gasteiger partial charge in [0.1, 0.15) is 0 Å². The molecule has 1 aliphatic rings. The smallest absolute Gasteiger partial charge is 0.227 e. The van der Waals surface area contributed by atoms with Gasteiger partial charge >= 0.3 is 0 Å². The van der Waals surface area contributed by atoms with E-state index in [0.717, 1.165) is 18.7 Å². The van der Waals surface area contributed by atoms with Gasteiger partial charge in [-0.2, -0.15) is 4.98 Å². The second-order valence-electron chi connectivity index (χ2n) is 7.59. The van der Waals surface area contributed by atoms with Crippen LogP contribution < -0.4 is 4.90 Å². The maximum absolute atomic E-state index is 12.7. The molecule has 4 rings (SSSR count). The molecule has 0 aliphatic carbocycles. The monoisotopic (exact) mass is 424 g/mol. The highest BCUT2D eigenvalue weighted by Crippen LogP contribution is 2.25. The molecule has 3 aromatic rings. The number of benzene rings is 2. The average Bonchev–Trinajstić information content (AvgIpc) is 3.45. The lowest BCUT2D eigenvalue weighted by Gasteiger charge is -2.24. The summed E-state index contributed by atoms with van der Waals surface area (Å²) >= 11 is 5.91. The van der Waals surface area contributed by atoms with E-state index in [2.05, 4.69) is 33.2 Å². The normalized spacial score (nSPS) is 13.6. The summed E-state index contributed by atoms with van der Waals surface area (Å²) in [6, 6.07) is 15.6. The molecule has 1 aromatic heterocycles. The van der Waals surface area contributed by atoms with E-state index in [-0.39, 0.29) is 5.91 Å². The fourth-order valence-corrected chi connectivity index (χ4v) is 3.86. The van der Waals surface area contributed by atoms with Crippen molar-refractivity contribution in [1.29, 1.82) is 0 Å². The van der Waals surface area contributed by atoms with Crippen molar-refractivity contribution in [3.05, 3.63) is 65.0 Å². The first-order valence-electron chi connectivity index (χ1n) is 10.3. The highest BCUT2D eigenvalue weighted by Gasteiger charge is 2.18. The number of anilines is 1. The molecule has 0 N–H and O–H groups in total. The summed E-state index contributed by atoms with van der Waals surface area (Å²) in [5, 5.41) is 4.66. The molecule has 0 bridgehead atoms. The number of aryl methyl sites for hydroxylation is 1. The summed E-state index contributed by atoms with van der Waals surface area (Å²) in [5.41, 5.74) is 3.24. The van der Waals surface area contributed by atoms with E-state index in [9.17, 15) is 4.79 Å². The van der Waals surface area contributed by atoms with Crippen LogP contribution in [0.25, 0.3) is 11.4 Å². The third-order valence-corrected chi connectivity index (χ3v) is 5.65. The maximum Gasteiger partial charge on any atom is 0.227 e. The number of rotatable bonds is 7. The first-order chi connectivity index (χ1) is 14.6. The number of hydrogen-bond acceptors (Lipinski definition) is 5. The summed E-state index contributed by atoms with van der Waals surface area (Å²) in [6.45, 7) is 2.76. The Balaban J connectivity index is 1.34. The van der Waals surface area contributed by atoms with Crippen LogP contribution in [0.2, 0.25) is 5.02 Å². The highest BCUT2D eigenvalue weighted by atomic mass is 35.5. The molecule has 156 valence electrons. The number of halogens is 1. The van der Waals surface area contributed by atoms with E-state index in [1.54, 1.807) is 17.0 Å². The molecular formula is C23H25ClN4O2. The van der Waals surface area contributed by atoms with E-state index in [0.29, 0.717) is 36.1 Å². The molecule has 0 radical (unpaired) electrons. The van der Waals surface area contributed by atoms with Crippen LogP contribution in [0.5, 0.6) is 0 Å². The quantitative estimate of drug-likeness (QED) is 0.555. The molecule has 1 fully saturated rings. The summed E-state index contributed by atoms with van der Waals surface area (Å²) in [4.78, 5) is 21.2. The van der Waals surface area contributed by atoms with Crippen LogP contribution in [0, 0.1) is 0 Å². The zero-order valence-electron chi connectivity index (χ0n) is 17.1. The molecule has 30 heavy (non-hydrogen) atoms. The summed E-state index contributed by atoms with van der Waals surface area (Å²) in [5.74, 6) is 1.01. The van der Waals surface area contributed by atoms with Gasteiger partial charge in [-0.3, -0.25) is 4.79 Å². The Kier molecular flexibility index (Phi) is 6.33. The van der Waals surface area contributed by atoms with Crippen LogP contribution in [0.1, 0.15) is 30.7 Å². The predicted molar refractivity (Wildman–Crippen MR) is 117 cm³/mol. The minimum atomic E-state index is 0.0532. The van der Waals surface area contributed by atoms with Crippen molar-refractivity contribution in [3.63, 3.8) is 0 Å². The molecule has 2 heterocycles. The van der Waals surface area contributed by atoms with Crippen molar-refractivity contribution in [2.24, 2.45) is 0 Å². The molecule has 1 saturated heterocycles. The minimum absolute atomic E-state index is 0.0532. The highest BCUT2D eigenvalue weighted by molar-refractivity contribution is 6.30. The van der Waals surface area contributed by atoms with Crippen molar-refractivity contribution in [1.82, 2.24) is 15.0 Å². The molecule has 2 aromatic carbocycles. The Morgan fingerprint density at radius 2 is 1.87 bits per heavy atom. The third kappa shape index (κ3) is 4.82. The number of nitrogens with zero attached hydrogens (tertiary/aromatic N) is 4. The number of amides is 1. The zero-order valence-corrected chi connectivity index (χ0v) is 17.8. The van der Waals surface area contributed by atoms with E-state index >= 15 is 0 Å². The second-order valence-corrected chi connectivity index (χ2v) is 8.03. The lowest BCUT2D eigenvalue weighted by molar-refractivity contribution is -0.130. The van der Waals surface area contributed by atoms with Gasteiger partial charge in [0.2, 0.25) is 17.6 Å². The van der Waals surface area contributed by atoms with Gasteiger partial charge < -0.3 is 14.3 Å². The fourth-order valence-electron chi connectivity index (χ4n) is 3.73. The molecule has 0 spiro atoms. The van der Waals surface area contributed by atoms with Gasteiger partial charge in [0.05, 0.1) is 0 Å². The van der Waals surface area contributed by atoms with Gasteiger partial charge in [-0.15, -0.1) is 0 Å². The summed E-state index contributed by atoms with van der Waals surface area (Å²) < 4.78 is 5.31. The topological polar surface area (TPSA) is 62.5 Å². The van der Waals surface area contributed by atoms with Crippen molar-refractivity contribution in [3.8, 4) is 11.4 Å². The van der Waals surface area contributed by atoms with Crippen LogP contribution in [0.3, 0.4) is 0 Å². The van der Waals surface area contributed by atoms with Crippen LogP contribution in [0.15, 0.2) is 53.1 Å². The molecule has 1 aliphatic heterocycles. The van der Waals surface area contributed by atoms with Crippen molar-refractivity contribution in [2.45, 2.75) is 32.2 Å². The van der Waals surface area contributed by atoms with Crippen molar-refractivity contribution in [2.75, 3.05) is 25.0 Å². The summed E-state index contributed by atoms with van der Waals surface area (Å²) in [6.07, 6.45) is 3.19. The standard InChI is InChI=1S/C23H25ClN4O2/c1-27(16-18-6-2-3-7-20(18)28-14-4-5-15-28)22(29)13-12-21-25-23(26-30-21)17-8-10-19(24)11-9-17/h2-3,6-11H,4-5,12-16H2,1H3. The van der Waals surface area contributed by atoms with Gasteiger partial charge in [-0.25, -0.2) is 0 Å². The Hall–Kier alpha value is -2.86. The molecule has 7 heteroatoms. The maximum atomic E-state index is 12.7. The van der Waals surface area contributed by atoms with Crippen molar-refractivity contribution < 1.29 is 9.32 Å². The molecule has 6 nitrogen and oxygen atoms in total. The van der Waals surface area contributed by atoms with Gasteiger partial charge in [0.15, 0.2) is 0 Å². The van der Waals surface area contributed by atoms with Crippen LogP contribution in [-0.4, -0.2) is 41.1 Å². The van der Waals surface area contributed by atoms with Crippen LogP contribution in [-0.2, 0) is 17.8 Å². The lowest BCUT2D eigenvalue weighted by Crippen LogP contribution is -2.28. The number of carbonyl (C=O) groups is 1. The van der Waals surface area contributed by atoms with E-state index in [1.165, 1.54) is 24.1 Å². The van der Waals surface area contributed by atoms with Gasteiger partial charge in [0, 0.05) is 55.8 Å². The molecule has 0 atom stereocenters. The van der Waals surface area contributed by atoms with E-state index in [1.807, 2.05) is 25.2 Å². The lowest BCUT2D eigenvalue weighted by atomic mass is 10.1. The largest absolute Gasteiger partial charge is 0.371 e. The molecular weight excluding hydrogens is 400 g/mol. The predicted octanol–water partition coefficient (Wildman–Crippen LogP) is 4.58. The van der Waals surface area contributed by atoms with Gasteiger partial charge in [-0.05, 0) is 48.7 Å².